The molecule has 6 nitrogen and oxygen atoms in total. The van der Waals surface area contributed by atoms with E-state index in [2.05, 4.69) is 0 Å². The van der Waals surface area contributed by atoms with E-state index >= 15 is 0 Å². The molecule has 1 aliphatic heterocycles. The van der Waals surface area contributed by atoms with E-state index in [4.69, 9.17) is 9.84 Å². The minimum Gasteiger partial charge on any atom is -0.486 e. The number of sulfonamides is 1. The summed E-state index contributed by atoms with van der Waals surface area (Å²) < 4.78 is 74.2. The van der Waals surface area contributed by atoms with Crippen LogP contribution in [0.25, 0.3) is 11.1 Å². The second-order valence-corrected chi connectivity index (χ2v) is 10.3. The van der Waals surface area contributed by atoms with Gasteiger partial charge in [-0.3, -0.25) is 9.10 Å². The van der Waals surface area contributed by atoms with Crippen LogP contribution < -0.4 is 9.04 Å². The lowest BCUT2D eigenvalue weighted by Crippen LogP contribution is -2.43. The summed E-state index contributed by atoms with van der Waals surface area (Å²) >= 11 is 0. The van der Waals surface area contributed by atoms with Gasteiger partial charge in [-0.15, -0.1) is 0 Å². The Kier molecular flexibility index (Phi) is 6.99. The van der Waals surface area contributed by atoms with E-state index in [1.165, 1.54) is 0 Å². The molecule has 1 unspecified atom stereocenters. The molecule has 0 saturated carbocycles. The summed E-state index contributed by atoms with van der Waals surface area (Å²) in [5.41, 5.74) is 1.77. The van der Waals surface area contributed by atoms with Crippen molar-refractivity contribution in [2.75, 3.05) is 10.8 Å². The largest absolute Gasteiger partial charge is 0.486 e. The number of aryl methyl sites for hydroxylation is 1. The van der Waals surface area contributed by atoms with E-state index < -0.39 is 38.7 Å². The van der Waals surface area contributed by atoms with Gasteiger partial charge in [0.1, 0.15) is 11.9 Å². The van der Waals surface area contributed by atoms with Gasteiger partial charge in [0.25, 0.3) is 10.0 Å². The van der Waals surface area contributed by atoms with Crippen LogP contribution in [-0.4, -0.2) is 32.1 Å². The molecule has 0 aromatic heterocycles. The third-order valence-electron chi connectivity index (χ3n) is 6.03. The monoisotopic (exact) mass is 519 g/mol. The van der Waals surface area contributed by atoms with Gasteiger partial charge in [-0.2, -0.15) is 13.2 Å². The fourth-order valence-electron chi connectivity index (χ4n) is 4.21. The van der Waals surface area contributed by atoms with Gasteiger partial charge >= 0.3 is 12.1 Å². The lowest BCUT2D eigenvalue weighted by Gasteiger charge is -2.36. The first-order chi connectivity index (χ1) is 17.0. The van der Waals surface area contributed by atoms with E-state index in [0.29, 0.717) is 6.07 Å². The SMILES string of the molecule is CCc1ccccc1-c1ccc2c(c1)N(S(=O)(=O)c1cccc(C(F)(F)F)c1)CC(CCC(=O)O)O2. The molecular weight excluding hydrogens is 495 g/mol. The number of rotatable bonds is 7. The Labute approximate surface area is 207 Å². The molecule has 0 spiro atoms. The van der Waals surface area contributed by atoms with E-state index in [-0.39, 0.29) is 30.8 Å². The van der Waals surface area contributed by atoms with Crippen LogP contribution in [-0.2, 0) is 27.4 Å². The number of carbonyl (C=O) groups is 1. The molecule has 190 valence electrons. The molecule has 4 rings (SSSR count). The van der Waals surface area contributed by atoms with Crippen LogP contribution in [0.1, 0.15) is 30.9 Å². The van der Waals surface area contributed by atoms with Crippen molar-refractivity contribution < 1.29 is 36.2 Å². The summed E-state index contributed by atoms with van der Waals surface area (Å²) in [5.74, 6) is -0.854. The van der Waals surface area contributed by atoms with Crippen molar-refractivity contribution in [1.29, 1.82) is 0 Å². The predicted octanol–water partition coefficient (Wildman–Crippen LogP) is 5.76. The first-order valence-electron chi connectivity index (χ1n) is 11.3. The van der Waals surface area contributed by atoms with E-state index in [0.717, 1.165) is 45.6 Å². The molecule has 1 N–H and O–H groups in total. The molecule has 0 saturated heterocycles. The second kappa shape index (κ2) is 9.85. The maximum atomic E-state index is 13.7. The lowest BCUT2D eigenvalue weighted by atomic mass is 9.97. The number of ether oxygens (including phenoxy) is 1. The molecule has 0 bridgehead atoms. The molecule has 1 atom stereocenters. The van der Waals surface area contributed by atoms with Gasteiger partial charge in [-0.1, -0.05) is 43.3 Å². The second-order valence-electron chi connectivity index (χ2n) is 8.43. The summed E-state index contributed by atoms with van der Waals surface area (Å²) in [6.07, 6.45) is -4.98. The van der Waals surface area contributed by atoms with Crippen LogP contribution >= 0.6 is 0 Å². The molecule has 0 radical (unpaired) electrons. The highest BCUT2D eigenvalue weighted by molar-refractivity contribution is 7.92. The number of carboxylic acid groups (broad SMARTS) is 1. The van der Waals surface area contributed by atoms with Gasteiger partial charge in [-0.25, -0.2) is 8.42 Å². The first-order valence-corrected chi connectivity index (χ1v) is 12.8. The molecule has 3 aromatic carbocycles. The van der Waals surface area contributed by atoms with Gasteiger partial charge in [0.2, 0.25) is 0 Å². The van der Waals surface area contributed by atoms with Crippen molar-refractivity contribution in [2.24, 2.45) is 0 Å². The molecule has 0 aliphatic carbocycles. The van der Waals surface area contributed by atoms with Crippen LogP contribution in [0.3, 0.4) is 0 Å². The Balaban J connectivity index is 1.83. The highest BCUT2D eigenvalue weighted by atomic mass is 32.2. The van der Waals surface area contributed by atoms with Gasteiger partial charge < -0.3 is 9.84 Å². The van der Waals surface area contributed by atoms with Crippen molar-refractivity contribution in [2.45, 2.75) is 43.4 Å². The number of halogens is 3. The topological polar surface area (TPSA) is 83.9 Å². The summed E-state index contributed by atoms with van der Waals surface area (Å²) in [5, 5.41) is 9.07. The standard InChI is InChI=1S/C26H24F3NO5S/c1-2-17-6-3-4-9-22(17)18-10-12-24-23(14-18)30(16-20(35-24)11-13-25(31)32)36(33,34)21-8-5-7-19(15-21)26(27,28)29/h3-10,12,14-15,20H,2,11,13,16H2,1H3,(H,31,32). The van der Waals surface area contributed by atoms with Crippen molar-refractivity contribution in [1.82, 2.24) is 0 Å². The maximum absolute atomic E-state index is 13.7. The molecule has 36 heavy (non-hydrogen) atoms. The van der Waals surface area contributed by atoms with Gasteiger partial charge in [-0.05, 0) is 59.9 Å². The third kappa shape index (κ3) is 5.18. The fourth-order valence-corrected chi connectivity index (χ4v) is 5.76. The highest BCUT2D eigenvalue weighted by Crippen LogP contribution is 2.41. The minimum absolute atomic E-state index is 0.0316. The van der Waals surface area contributed by atoms with Crippen molar-refractivity contribution >= 4 is 21.7 Å². The Bertz CT molecular complexity index is 1390. The number of carboxylic acids is 1. The summed E-state index contributed by atoms with van der Waals surface area (Å²) in [4.78, 5) is 10.6. The zero-order valence-electron chi connectivity index (χ0n) is 19.3. The van der Waals surface area contributed by atoms with Crippen LogP contribution in [0.2, 0.25) is 0 Å². The highest BCUT2D eigenvalue weighted by Gasteiger charge is 2.37. The Morgan fingerprint density at radius 1 is 1.08 bits per heavy atom. The molecule has 0 fully saturated rings. The number of fused-ring (bicyclic) bond motifs is 1. The van der Waals surface area contributed by atoms with Crippen LogP contribution in [0.5, 0.6) is 5.75 Å². The predicted molar refractivity (Wildman–Crippen MR) is 129 cm³/mol. The van der Waals surface area contributed by atoms with Crippen molar-refractivity contribution in [3.05, 3.63) is 77.9 Å². The Morgan fingerprint density at radius 2 is 1.83 bits per heavy atom. The van der Waals surface area contributed by atoms with E-state index in [1.807, 2.05) is 31.2 Å². The number of nitrogens with zero attached hydrogens (tertiary/aromatic N) is 1. The van der Waals surface area contributed by atoms with Gasteiger partial charge in [0.05, 0.1) is 22.7 Å². The zero-order valence-corrected chi connectivity index (χ0v) is 20.1. The summed E-state index contributed by atoms with van der Waals surface area (Å²) in [7, 11) is -4.44. The average molecular weight is 520 g/mol. The maximum Gasteiger partial charge on any atom is 0.416 e. The summed E-state index contributed by atoms with van der Waals surface area (Å²) in [6.45, 7) is 1.76. The normalized spacial score (nSPS) is 15.8. The molecule has 1 heterocycles. The molecular formula is C26H24F3NO5S. The number of aliphatic carboxylic acids is 1. The van der Waals surface area contributed by atoms with E-state index in [9.17, 15) is 26.4 Å². The zero-order chi connectivity index (χ0) is 26.1. The number of benzene rings is 3. The molecule has 0 amide bonds. The quantitative estimate of drug-likeness (QED) is 0.429. The number of hydrogen-bond donors (Lipinski definition) is 1. The Hall–Kier alpha value is -3.53. The number of alkyl halides is 3. The minimum atomic E-state index is -4.71. The smallest absolute Gasteiger partial charge is 0.416 e. The van der Waals surface area contributed by atoms with Gasteiger partial charge in [0, 0.05) is 6.42 Å². The molecule has 1 aliphatic rings. The number of anilines is 1. The van der Waals surface area contributed by atoms with E-state index in [1.54, 1.807) is 18.2 Å². The molecule has 3 aromatic rings. The van der Waals surface area contributed by atoms with Crippen LogP contribution in [0, 0.1) is 0 Å². The first kappa shape index (κ1) is 25.6. The van der Waals surface area contributed by atoms with Gasteiger partial charge in [0.15, 0.2) is 0 Å². The number of hydrogen-bond acceptors (Lipinski definition) is 4. The average Bonchev–Trinajstić information content (AvgIpc) is 2.86. The van der Waals surface area contributed by atoms with Crippen molar-refractivity contribution in [3.8, 4) is 16.9 Å². The lowest BCUT2D eigenvalue weighted by molar-refractivity contribution is -0.138. The van der Waals surface area contributed by atoms with Crippen molar-refractivity contribution in [3.63, 3.8) is 0 Å². The van der Waals surface area contributed by atoms with Crippen LogP contribution in [0.15, 0.2) is 71.6 Å². The summed E-state index contributed by atoms with van der Waals surface area (Å²) in [6, 6.07) is 16.2. The Morgan fingerprint density at radius 3 is 2.53 bits per heavy atom. The third-order valence-corrected chi connectivity index (χ3v) is 7.81. The molecule has 10 heteroatoms. The fraction of sp³-hybridized carbons (Fsp3) is 0.269. The van der Waals surface area contributed by atoms with Crippen LogP contribution in [0.4, 0.5) is 18.9 Å².